The summed E-state index contributed by atoms with van der Waals surface area (Å²) in [6.07, 6.45) is 4.72. The second-order valence-electron chi connectivity index (χ2n) is 5.73. The van der Waals surface area contributed by atoms with Gasteiger partial charge in [0.2, 0.25) is 5.91 Å². The molecule has 3 fully saturated rings. The van der Waals surface area contributed by atoms with Gasteiger partial charge in [0.05, 0.1) is 12.2 Å². The van der Waals surface area contributed by atoms with E-state index in [2.05, 4.69) is 10.6 Å². The van der Waals surface area contributed by atoms with Gasteiger partial charge in [-0.1, -0.05) is 0 Å². The van der Waals surface area contributed by atoms with E-state index in [9.17, 15) is 4.79 Å². The highest BCUT2D eigenvalue weighted by Crippen LogP contribution is 2.33. The fraction of sp³-hybridized carbons (Fsp3) is 0.923. The molecular formula is C13H22N2O3. The van der Waals surface area contributed by atoms with Gasteiger partial charge in [-0.15, -0.1) is 0 Å². The molecule has 5 nitrogen and oxygen atoms in total. The first kappa shape index (κ1) is 12.4. The Kier molecular flexibility index (Phi) is 3.54. The number of nitrogens with one attached hydrogen (secondary N) is 2. The van der Waals surface area contributed by atoms with E-state index in [1.807, 2.05) is 0 Å². The first-order valence-corrected chi connectivity index (χ1v) is 7.00. The molecule has 2 N–H and O–H groups in total. The van der Waals surface area contributed by atoms with Crippen LogP contribution in [0.4, 0.5) is 0 Å². The Morgan fingerprint density at radius 3 is 2.94 bits per heavy atom. The van der Waals surface area contributed by atoms with Crippen LogP contribution in [0.1, 0.15) is 32.1 Å². The average molecular weight is 254 g/mol. The van der Waals surface area contributed by atoms with Crippen molar-refractivity contribution in [2.75, 3.05) is 26.4 Å². The minimum absolute atomic E-state index is 0.0339. The number of rotatable bonds is 2. The fourth-order valence-electron chi connectivity index (χ4n) is 3.24. The molecule has 1 spiro atoms. The van der Waals surface area contributed by atoms with Crippen molar-refractivity contribution in [1.29, 1.82) is 0 Å². The van der Waals surface area contributed by atoms with E-state index < -0.39 is 0 Å². The average Bonchev–Trinajstić information content (AvgIpc) is 2.80. The standard InChI is InChI=1S/C13H22N2O3/c16-12-2-1-11(8-14-12)15-10-3-5-18-13(7-10)4-6-17-9-13/h10-11,15H,1-9H2,(H,14,16). The van der Waals surface area contributed by atoms with Crippen molar-refractivity contribution in [1.82, 2.24) is 10.6 Å². The summed E-state index contributed by atoms with van der Waals surface area (Å²) in [5.74, 6) is 0.181. The summed E-state index contributed by atoms with van der Waals surface area (Å²) >= 11 is 0. The third kappa shape index (κ3) is 2.68. The number of amides is 1. The molecule has 0 aromatic heterocycles. The molecule has 0 aromatic rings. The van der Waals surface area contributed by atoms with Crippen molar-refractivity contribution in [2.24, 2.45) is 0 Å². The predicted molar refractivity (Wildman–Crippen MR) is 66.3 cm³/mol. The number of hydrogen-bond donors (Lipinski definition) is 2. The SMILES string of the molecule is O=C1CCC(NC2CCOC3(CCOC3)C2)CN1. The fourth-order valence-corrected chi connectivity index (χ4v) is 3.24. The first-order chi connectivity index (χ1) is 8.76. The maximum absolute atomic E-state index is 11.1. The van der Waals surface area contributed by atoms with Crippen LogP contribution in [0.3, 0.4) is 0 Å². The Hall–Kier alpha value is -0.650. The molecule has 3 unspecified atom stereocenters. The Bertz CT molecular complexity index is 305. The highest BCUT2D eigenvalue weighted by Gasteiger charge is 2.41. The molecule has 5 heteroatoms. The lowest BCUT2D eigenvalue weighted by Crippen LogP contribution is -2.54. The zero-order valence-electron chi connectivity index (χ0n) is 10.7. The van der Waals surface area contributed by atoms with Gasteiger partial charge in [0.15, 0.2) is 0 Å². The third-order valence-corrected chi connectivity index (χ3v) is 4.30. The van der Waals surface area contributed by atoms with Gasteiger partial charge in [-0.3, -0.25) is 4.79 Å². The van der Waals surface area contributed by atoms with Gasteiger partial charge in [-0.05, 0) is 19.3 Å². The van der Waals surface area contributed by atoms with E-state index in [0.29, 0.717) is 18.5 Å². The van der Waals surface area contributed by atoms with Crippen molar-refractivity contribution in [2.45, 2.75) is 49.8 Å². The van der Waals surface area contributed by atoms with E-state index in [0.717, 1.165) is 52.0 Å². The van der Waals surface area contributed by atoms with E-state index in [-0.39, 0.29) is 11.5 Å². The Labute approximate surface area is 108 Å². The van der Waals surface area contributed by atoms with Gasteiger partial charge in [-0.2, -0.15) is 0 Å². The van der Waals surface area contributed by atoms with E-state index >= 15 is 0 Å². The van der Waals surface area contributed by atoms with Gasteiger partial charge in [-0.25, -0.2) is 0 Å². The molecule has 1 amide bonds. The zero-order chi connectivity index (χ0) is 12.4. The summed E-state index contributed by atoms with van der Waals surface area (Å²) in [6, 6.07) is 0.922. The summed E-state index contributed by atoms with van der Waals surface area (Å²) < 4.78 is 11.4. The van der Waals surface area contributed by atoms with E-state index in [1.54, 1.807) is 0 Å². The molecule has 3 saturated heterocycles. The van der Waals surface area contributed by atoms with Gasteiger partial charge >= 0.3 is 0 Å². The van der Waals surface area contributed by atoms with Crippen LogP contribution in [0.2, 0.25) is 0 Å². The van der Waals surface area contributed by atoms with Crippen LogP contribution in [-0.4, -0.2) is 50.0 Å². The molecule has 3 heterocycles. The quantitative estimate of drug-likeness (QED) is 0.739. The minimum Gasteiger partial charge on any atom is -0.378 e. The number of ether oxygens (including phenoxy) is 2. The molecule has 0 aromatic carbocycles. The van der Waals surface area contributed by atoms with Crippen LogP contribution in [0, 0.1) is 0 Å². The lowest BCUT2D eigenvalue weighted by molar-refractivity contribution is -0.122. The van der Waals surface area contributed by atoms with Crippen molar-refractivity contribution in [3.05, 3.63) is 0 Å². The van der Waals surface area contributed by atoms with Gasteiger partial charge in [0.25, 0.3) is 0 Å². The molecule has 0 aliphatic carbocycles. The summed E-state index contributed by atoms with van der Waals surface area (Å²) in [5.41, 5.74) is -0.0339. The van der Waals surface area contributed by atoms with Crippen molar-refractivity contribution in [3.63, 3.8) is 0 Å². The second kappa shape index (κ2) is 5.15. The molecule has 3 aliphatic rings. The van der Waals surface area contributed by atoms with Crippen LogP contribution >= 0.6 is 0 Å². The lowest BCUT2D eigenvalue weighted by atomic mass is 9.89. The molecule has 0 radical (unpaired) electrons. The number of carbonyl (C=O) groups is 1. The zero-order valence-corrected chi connectivity index (χ0v) is 10.7. The number of carbonyl (C=O) groups excluding carboxylic acids is 1. The number of hydrogen-bond acceptors (Lipinski definition) is 4. The molecular weight excluding hydrogens is 232 g/mol. The predicted octanol–water partition coefficient (Wildman–Crippen LogP) is 0.193. The summed E-state index contributed by atoms with van der Waals surface area (Å²) in [6.45, 7) is 3.15. The van der Waals surface area contributed by atoms with E-state index in [1.165, 1.54) is 0 Å². The van der Waals surface area contributed by atoms with Crippen molar-refractivity contribution >= 4 is 5.91 Å². The smallest absolute Gasteiger partial charge is 0.220 e. The molecule has 0 bridgehead atoms. The Balaban J connectivity index is 1.51. The summed E-state index contributed by atoms with van der Waals surface area (Å²) in [4.78, 5) is 11.1. The largest absolute Gasteiger partial charge is 0.378 e. The third-order valence-electron chi connectivity index (χ3n) is 4.30. The molecule has 18 heavy (non-hydrogen) atoms. The van der Waals surface area contributed by atoms with Gasteiger partial charge < -0.3 is 20.1 Å². The topological polar surface area (TPSA) is 59.6 Å². The molecule has 3 aliphatic heterocycles. The summed E-state index contributed by atoms with van der Waals surface area (Å²) in [7, 11) is 0. The number of piperidine rings is 1. The molecule has 102 valence electrons. The summed E-state index contributed by atoms with van der Waals surface area (Å²) in [5, 5.41) is 6.60. The van der Waals surface area contributed by atoms with Crippen LogP contribution in [0.15, 0.2) is 0 Å². The van der Waals surface area contributed by atoms with E-state index in [4.69, 9.17) is 9.47 Å². The van der Waals surface area contributed by atoms with Gasteiger partial charge in [0.1, 0.15) is 0 Å². The lowest BCUT2D eigenvalue weighted by Gasteiger charge is -2.39. The van der Waals surface area contributed by atoms with Crippen molar-refractivity contribution in [3.8, 4) is 0 Å². The first-order valence-electron chi connectivity index (χ1n) is 7.00. The maximum Gasteiger partial charge on any atom is 0.220 e. The second-order valence-corrected chi connectivity index (χ2v) is 5.73. The maximum atomic E-state index is 11.1. The minimum atomic E-state index is -0.0339. The molecule has 3 rings (SSSR count). The van der Waals surface area contributed by atoms with Crippen LogP contribution in [0.5, 0.6) is 0 Å². The molecule has 0 saturated carbocycles. The Morgan fingerprint density at radius 2 is 2.22 bits per heavy atom. The van der Waals surface area contributed by atoms with Crippen LogP contribution < -0.4 is 10.6 Å². The van der Waals surface area contributed by atoms with Gasteiger partial charge in [0, 0.05) is 44.7 Å². The van der Waals surface area contributed by atoms with Crippen molar-refractivity contribution < 1.29 is 14.3 Å². The Morgan fingerprint density at radius 1 is 1.28 bits per heavy atom. The van der Waals surface area contributed by atoms with Crippen LogP contribution in [0.25, 0.3) is 0 Å². The normalized spacial score (nSPS) is 41.0. The van der Waals surface area contributed by atoms with Crippen LogP contribution in [-0.2, 0) is 14.3 Å². The highest BCUT2D eigenvalue weighted by atomic mass is 16.6. The molecule has 3 atom stereocenters. The highest BCUT2D eigenvalue weighted by molar-refractivity contribution is 5.76. The monoisotopic (exact) mass is 254 g/mol.